The van der Waals surface area contributed by atoms with Crippen molar-refractivity contribution in [3.05, 3.63) is 57.0 Å². The molecule has 2 aromatic rings. The predicted molar refractivity (Wildman–Crippen MR) is 93.9 cm³/mol. The lowest BCUT2D eigenvalue weighted by Gasteiger charge is -2.15. The summed E-state index contributed by atoms with van der Waals surface area (Å²) in [6, 6.07) is 11.7. The van der Waals surface area contributed by atoms with Crippen LogP contribution in [0.4, 0.5) is 0 Å². The van der Waals surface area contributed by atoms with E-state index in [9.17, 15) is 0 Å². The average molecular weight is 385 g/mol. The fraction of sp³-hybridized carbons (Fsp3) is 0.294. The van der Waals surface area contributed by atoms with Crippen LogP contribution < -0.4 is 14.8 Å². The molecule has 0 spiro atoms. The highest BCUT2D eigenvalue weighted by Gasteiger charge is 2.12. The first-order chi connectivity index (χ1) is 10.7. The van der Waals surface area contributed by atoms with Gasteiger partial charge in [0.2, 0.25) is 0 Å². The third kappa shape index (κ3) is 4.38. The zero-order chi connectivity index (χ0) is 15.9. The molecule has 0 unspecified atom stereocenters. The summed E-state index contributed by atoms with van der Waals surface area (Å²) in [4.78, 5) is 0. The minimum Gasteiger partial charge on any atom is -0.493 e. The lowest BCUT2D eigenvalue weighted by atomic mass is 10.2. The molecule has 0 bridgehead atoms. The monoisotopic (exact) mass is 383 g/mol. The third-order valence-electron chi connectivity index (χ3n) is 3.20. The second-order valence-corrected chi connectivity index (χ2v) is 6.03. The van der Waals surface area contributed by atoms with Crippen LogP contribution in [-0.4, -0.2) is 13.7 Å². The predicted octanol–water partition coefficient (Wildman–Crippen LogP) is 4.80. The minimum absolute atomic E-state index is 0.390. The molecular weight excluding hydrogens is 366 g/mol. The summed E-state index contributed by atoms with van der Waals surface area (Å²) in [5.74, 6) is 1.39. The molecule has 0 aliphatic heterocycles. The fourth-order valence-electron chi connectivity index (χ4n) is 2.05. The Hall–Kier alpha value is -1.23. The van der Waals surface area contributed by atoms with E-state index in [0.717, 1.165) is 28.7 Å². The molecule has 0 amide bonds. The maximum absolute atomic E-state index is 6.16. The summed E-state index contributed by atoms with van der Waals surface area (Å²) in [7, 11) is 1.64. The van der Waals surface area contributed by atoms with Gasteiger partial charge in [-0.25, -0.2) is 0 Å². The van der Waals surface area contributed by atoms with E-state index >= 15 is 0 Å². The van der Waals surface area contributed by atoms with Gasteiger partial charge in [0, 0.05) is 17.1 Å². The maximum Gasteiger partial charge on any atom is 0.175 e. The summed E-state index contributed by atoms with van der Waals surface area (Å²) in [5, 5.41) is 3.99. The van der Waals surface area contributed by atoms with Crippen LogP contribution in [0.5, 0.6) is 11.5 Å². The minimum atomic E-state index is 0.390. The van der Waals surface area contributed by atoms with E-state index in [1.165, 1.54) is 0 Å². The molecule has 0 aliphatic rings. The van der Waals surface area contributed by atoms with Crippen molar-refractivity contribution >= 4 is 27.5 Å². The van der Waals surface area contributed by atoms with Crippen molar-refractivity contribution in [2.75, 3.05) is 13.7 Å². The van der Waals surface area contributed by atoms with Gasteiger partial charge in [0.1, 0.15) is 6.61 Å². The van der Waals surface area contributed by atoms with Gasteiger partial charge in [0.05, 0.1) is 11.6 Å². The van der Waals surface area contributed by atoms with Crippen molar-refractivity contribution in [3.63, 3.8) is 0 Å². The Balaban J connectivity index is 2.18. The number of hydrogen-bond acceptors (Lipinski definition) is 3. The molecule has 0 radical (unpaired) electrons. The van der Waals surface area contributed by atoms with Crippen molar-refractivity contribution in [1.29, 1.82) is 0 Å². The van der Waals surface area contributed by atoms with Gasteiger partial charge in [-0.2, -0.15) is 0 Å². The number of hydrogen-bond donors (Lipinski definition) is 1. The van der Waals surface area contributed by atoms with Crippen molar-refractivity contribution in [2.24, 2.45) is 0 Å². The Bertz CT molecular complexity index is 634. The van der Waals surface area contributed by atoms with E-state index in [4.69, 9.17) is 21.1 Å². The van der Waals surface area contributed by atoms with Gasteiger partial charge < -0.3 is 14.8 Å². The van der Waals surface area contributed by atoms with Crippen LogP contribution in [0.15, 0.2) is 40.9 Å². The first kappa shape index (κ1) is 17.1. The number of halogens is 2. The van der Waals surface area contributed by atoms with Crippen LogP contribution >= 0.6 is 27.5 Å². The molecule has 0 atom stereocenters. The Morgan fingerprint density at radius 3 is 2.68 bits per heavy atom. The van der Waals surface area contributed by atoms with E-state index < -0.39 is 0 Å². The topological polar surface area (TPSA) is 30.5 Å². The lowest BCUT2D eigenvalue weighted by Crippen LogP contribution is -2.12. The maximum atomic E-state index is 6.16. The summed E-state index contributed by atoms with van der Waals surface area (Å²) in [5.41, 5.74) is 2.07. The smallest absolute Gasteiger partial charge is 0.175 e. The van der Waals surface area contributed by atoms with Gasteiger partial charge in [-0.3, -0.25) is 0 Å². The molecular formula is C17H19BrClNO2. The Kier molecular flexibility index (Phi) is 6.55. The molecule has 2 aromatic carbocycles. The van der Waals surface area contributed by atoms with Gasteiger partial charge in [0.15, 0.2) is 11.5 Å². The molecule has 2 rings (SSSR count). The highest BCUT2D eigenvalue weighted by molar-refractivity contribution is 9.10. The van der Waals surface area contributed by atoms with Gasteiger partial charge in [-0.05, 0) is 46.2 Å². The van der Waals surface area contributed by atoms with Crippen LogP contribution in [0, 0.1) is 0 Å². The standard InChI is InChI=1S/C17H19BrClNO2/c1-3-20-10-12-8-14(18)17(16(9-12)21-2)22-11-13-6-4-5-7-15(13)19/h4-9,20H,3,10-11H2,1-2H3. The largest absolute Gasteiger partial charge is 0.493 e. The molecule has 0 fully saturated rings. The Labute approximate surface area is 144 Å². The van der Waals surface area contributed by atoms with Crippen molar-refractivity contribution < 1.29 is 9.47 Å². The normalized spacial score (nSPS) is 10.5. The number of benzene rings is 2. The Morgan fingerprint density at radius 1 is 1.23 bits per heavy atom. The van der Waals surface area contributed by atoms with E-state index in [-0.39, 0.29) is 0 Å². The highest BCUT2D eigenvalue weighted by Crippen LogP contribution is 2.37. The molecule has 22 heavy (non-hydrogen) atoms. The molecule has 0 saturated heterocycles. The van der Waals surface area contributed by atoms with Crippen molar-refractivity contribution in [1.82, 2.24) is 5.32 Å². The highest BCUT2D eigenvalue weighted by atomic mass is 79.9. The zero-order valence-electron chi connectivity index (χ0n) is 12.7. The summed E-state index contributed by atoms with van der Waals surface area (Å²) < 4.78 is 12.2. The van der Waals surface area contributed by atoms with E-state index in [2.05, 4.69) is 28.2 Å². The summed E-state index contributed by atoms with van der Waals surface area (Å²) in [6.07, 6.45) is 0. The van der Waals surface area contributed by atoms with Crippen molar-refractivity contribution in [3.8, 4) is 11.5 Å². The number of rotatable bonds is 7. The molecule has 0 aromatic heterocycles. The van der Waals surface area contributed by atoms with Gasteiger partial charge >= 0.3 is 0 Å². The number of ether oxygens (including phenoxy) is 2. The molecule has 1 N–H and O–H groups in total. The second-order valence-electron chi connectivity index (χ2n) is 4.77. The lowest BCUT2D eigenvalue weighted by molar-refractivity contribution is 0.282. The summed E-state index contributed by atoms with van der Waals surface area (Å²) in [6.45, 7) is 4.18. The number of methoxy groups -OCH3 is 1. The van der Waals surface area contributed by atoms with E-state index in [0.29, 0.717) is 23.1 Å². The molecule has 5 heteroatoms. The van der Waals surface area contributed by atoms with Crippen LogP contribution in [0.25, 0.3) is 0 Å². The Morgan fingerprint density at radius 2 is 2.00 bits per heavy atom. The molecule has 0 heterocycles. The quantitative estimate of drug-likeness (QED) is 0.744. The summed E-state index contributed by atoms with van der Waals surface area (Å²) >= 11 is 9.71. The average Bonchev–Trinajstić information content (AvgIpc) is 2.52. The first-order valence-electron chi connectivity index (χ1n) is 7.09. The van der Waals surface area contributed by atoms with Gasteiger partial charge in [0.25, 0.3) is 0 Å². The molecule has 0 aliphatic carbocycles. The van der Waals surface area contributed by atoms with Gasteiger partial charge in [-0.1, -0.05) is 36.7 Å². The third-order valence-corrected chi connectivity index (χ3v) is 4.16. The SMILES string of the molecule is CCNCc1cc(Br)c(OCc2ccccc2Cl)c(OC)c1. The van der Waals surface area contributed by atoms with Crippen LogP contribution in [0.3, 0.4) is 0 Å². The van der Waals surface area contributed by atoms with E-state index in [1.807, 2.05) is 36.4 Å². The first-order valence-corrected chi connectivity index (χ1v) is 8.26. The molecule has 0 saturated carbocycles. The van der Waals surface area contributed by atoms with Crippen LogP contribution in [-0.2, 0) is 13.2 Å². The van der Waals surface area contributed by atoms with Gasteiger partial charge in [-0.15, -0.1) is 0 Å². The fourth-order valence-corrected chi connectivity index (χ4v) is 2.84. The van der Waals surface area contributed by atoms with Crippen LogP contribution in [0.1, 0.15) is 18.1 Å². The van der Waals surface area contributed by atoms with E-state index in [1.54, 1.807) is 7.11 Å². The molecule has 3 nitrogen and oxygen atoms in total. The second kappa shape index (κ2) is 8.42. The number of nitrogens with one attached hydrogen (secondary N) is 1. The zero-order valence-corrected chi connectivity index (χ0v) is 15.0. The van der Waals surface area contributed by atoms with Crippen LogP contribution in [0.2, 0.25) is 5.02 Å². The molecule has 118 valence electrons. The van der Waals surface area contributed by atoms with Crippen molar-refractivity contribution in [2.45, 2.75) is 20.1 Å².